The summed E-state index contributed by atoms with van der Waals surface area (Å²) in [7, 11) is 0.123. The lowest BCUT2D eigenvalue weighted by Gasteiger charge is -2.44. The highest BCUT2D eigenvalue weighted by Crippen LogP contribution is 2.30. The zero-order valence-electron chi connectivity index (χ0n) is 29.4. The van der Waals surface area contributed by atoms with Gasteiger partial charge in [0.1, 0.15) is 52.7 Å². The maximum atomic E-state index is 15.4. The molecule has 5 aromatic rings. The van der Waals surface area contributed by atoms with Crippen LogP contribution in [0.3, 0.4) is 0 Å². The highest BCUT2D eigenvalue weighted by Gasteiger charge is 2.52. The molecular formula is C36H15BF20O2S. The van der Waals surface area contributed by atoms with Crippen molar-refractivity contribution in [1.29, 1.82) is 0 Å². The first-order valence-electron chi connectivity index (χ1n) is 15.6. The van der Waals surface area contributed by atoms with Crippen LogP contribution in [-0.2, 0) is 10.9 Å². The lowest BCUT2D eigenvalue weighted by molar-refractivity contribution is 0.100. The smallest absolute Gasteiger partial charge is 0.211 e. The summed E-state index contributed by atoms with van der Waals surface area (Å²) in [4.78, 5) is 22.7. The van der Waals surface area contributed by atoms with Crippen LogP contribution in [0.5, 0.6) is 0 Å². The predicted octanol–water partition coefficient (Wildman–Crippen LogP) is 7.80. The van der Waals surface area contributed by atoms with Crippen LogP contribution in [0.1, 0.15) is 27.6 Å². The van der Waals surface area contributed by atoms with E-state index in [1.807, 2.05) is 12.5 Å². The minimum Gasteiger partial charge on any atom is -0.295 e. The van der Waals surface area contributed by atoms with Crippen molar-refractivity contribution < 1.29 is 97.4 Å². The first kappa shape index (κ1) is 47.1. The summed E-state index contributed by atoms with van der Waals surface area (Å²) in [6.07, 6.45) is -3.13. The molecule has 5 rings (SSSR count). The van der Waals surface area contributed by atoms with Crippen molar-refractivity contribution in [3.8, 4) is 0 Å². The maximum absolute atomic E-state index is 15.4. The van der Waals surface area contributed by atoms with Gasteiger partial charge in [0, 0.05) is 11.1 Å². The molecule has 0 amide bonds. The van der Waals surface area contributed by atoms with E-state index in [4.69, 9.17) is 0 Å². The second-order valence-electron chi connectivity index (χ2n) is 12.5. The van der Waals surface area contributed by atoms with E-state index >= 15 is 35.1 Å². The van der Waals surface area contributed by atoms with Crippen LogP contribution in [0.2, 0.25) is 0 Å². The molecule has 0 saturated heterocycles. The molecule has 320 valence electrons. The Morgan fingerprint density at radius 1 is 0.367 bits per heavy atom. The summed E-state index contributed by atoms with van der Waals surface area (Å²) >= 11 is 0. The van der Waals surface area contributed by atoms with Gasteiger partial charge in [-0.1, -0.05) is 24.3 Å². The highest BCUT2D eigenvalue weighted by atomic mass is 32.2. The number of rotatable bonds is 8. The third-order valence-electron chi connectivity index (χ3n) is 8.74. The predicted molar refractivity (Wildman–Crippen MR) is 174 cm³/mol. The molecule has 60 heavy (non-hydrogen) atoms. The van der Waals surface area contributed by atoms with Crippen molar-refractivity contribution in [3.05, 3.63) is 152 Å². The average molecular weight is 902 g/mol. The molecule has 0 N–H and O–H groups in total. The molecule has 2 nitrogen and oxygen atoms in total. The summed E-state index contributed by atoms with van der Waals surface area (Å²) in [5, 5.41) is 0. The van der Waals surface area contributed by atoms with Crippen LogP contribution in [0.4, 0.5) is 87.8 Å². The fraction of sp³-hybridized carbons (Fsp3) is 0.111. The standard InChI is InChI=1S/C24BF20.C12H15O2S/c26-5-1(6(27)14(35)21(42)13(5)34)25(2-7(28)15(36)22(43)16(37)8(2)29,3-9(30)17(38)23(44)18(39)10(3)31)4-11(32)19(40)24(45)20(41)12(4)33;1-9(13)10-4-6-11(7-5-10)12(14)8-15(2)3/h;4-7H,8H2,1-3H3/q-1;+1. The van der Waals surface area contributed by atoms with Crippen molar-refractivity contribution in [2.45, 2.75) is 6.92 Å². The van der Waals surface area contributed by atoms with E-state index in [-0.39, 0.29) is 22.5 Å². The van der Waals surface area contributed by atoms with Crippen molar-refractivity contribution in [2.24, 2.45) is 0 Å². The van der Waals surface area contributed by atoms with Crippen LogP contribution in [-0.4, -0.2) is 36.0 Å². The van der Waals surface area contributed by atoms with Gasteiger partial charge in [-0.2, -0.15) is 0 Å². The van der Waals surface area contributed by atoms with E-state index in [1.165, 1.54) is 6.92 Å². The van der Waals surface area contributed by atoms with Gasteiger partial charge in [0.2, 0.25) is 5.78 Å². The van der Waals surface area contributed by atoms with E-state index in [0.29, 0.717) is 16.9 Å². The summed E-state index contributed by atoms with van der Waals surface area (Å²) in [5.41, 5.74) is -13.0. The van der Waals surface area contributed by atoms with Crippen LogP contribution >= 0.6 is 0 Å². The van der Waals surface area contributed by atoms with Gasteiger partial charge >= 0.3 is 0 Å². The minimum absolute atomic E-state index is 0.0275. The lowest BCUT2D eigenvalue weighted by Crippen LogP contribution is -2.81. The SMILES string of the molecule is CC(=O)c1ccc(C(=O)C[S+](C)C)cc1.Fc1c(F)c(F)c([B-](c2c(F)c(F)c(F)c(F)c2F)(c2c(F)c(F)c(F)c(F)c2F)c2c(F)c(F)c(F)c(F)c2F)c(F)c1F. The molecule has 0 heterocycles. The first-order chi connectivity index (χ1) is 27.7. The number of benzene rings is 5. The van der Waals surface area contributed by atoms with Gasteiger partial charge in [0.25, 0.3) is 0 Å². The Kier molecular flexibility index (Phi) is 13.5. The van der Waals surface area contributed by atoms with E-state index < -0.39 is 144 Å². The highest BCUT2D eigenvalue weighted by molar-refractivity contribution is 7.96. The van der Waals surface area contributed by atoms with E-state index in [1.54, 1.807) is 24.3 Å². The Hall–Kier alpha value is -5.55. The summed E-state index contributed by atoms with van der Waals surface area (Å²) in [6.45, 7) is 1.52. The molecule has 0 saturated carbocycles. The quantitative estimate of drug-likeness (QED) is 0.0399. The molecule has 0 unspecified atom stereocenters. The van der Waals surface area contributed by atoms with Crippen LogP contribution in [0, 0.1) is 116 Å². The number of carbonyl (C=O) groups is 2. The van der Waals surface area contributed by atoms with Crippen molar-refractivity contribution in [1.82, 2.24) is 0 Å². The molecule has 24 heteroatoms. The number of halogens is 20. The Labute approximate surface area is 324 Å². The van der Waals surface area contributed by atoms with Crippen molar-refractivity contribution in [2.75, 3.05) is 18.3 Å². The second kappa shape index (κ2) is 17.2. The molecule has 0 atom stereocenters. The first-order valence-corrected chi connectivity index (χ1v) is 17.8. The average Bonchev–Trinajstić information content (AvgIpc) is 3.20. The molecule has 0 aliphatic rings. The number of carbonyl (C=O) groups excluding carboxylic acids is 2. The van der Waals surface area contributed by atoms with E-state index in [0.717, 1.165) is 0 Å². The molecule has 0 radical (unpaired) electrons. The molecule has 5 aromatic carbocycles. The van der Waals surface area contributed by atoms with Gasteiger partial charge < -0.3 is 0 Å². The Morgan fingerprint density at radius 2 is 0.550 bits per heavy atom. The molecule has 0 bridgehead atoms. The van der Waals surface area contributed by atoms with Crippen molar-refractivity contribution in [3.63, 3.8) is 0 Å². The fourth-order valence-corrected chi connectivity index (χ4v) is 6.80. The molecule has 0 aliphatic heterocycles. The minimum atomic E-state index is -7.22. The lowest BCUT2D eigenvalue weighted by atomic mass is 9.12. The van der Waals surface area contributed by atoms with Gasteiger partial charge in [-0.25, -0.2) is 87.8 Å². The van der Waals surface area contributed by atoms with E-state index in [2.05, 4.69) is 0 Å². The Morgan fingerprint density at radius 3 is 0.733 bits per heavy atom. The third kappa shape index (κ3) is 7.46. The molecule has 0 aliphatic carbocycles. The summed E-state index contributed by atoms with van der Waals surface area (Å²) in [6, 6.07) is 6.87. The third-order valence-corrected chi connectivity index (χ3v) is 9.58. The van der Waals surface area contributed by atoms with Gasteiger partial charge in [-0.3, -0.25) is 9.59 Å². The zero-order valence-corrected chi connectivity index (χ0v) is 30.2. The van der Waals surface area contributed by atoms with E-state index in [9.17, 15) is 62.3 Å². The van der Waals surface area contributed by atoms with Gasteiger partial charge in [-0.05, 0) is 17.8 Å². The van der Waals surface area contributed by atoms with Crippen LogP contribution < -0.4 is 21.9 Å². The summed E-state index contributed by atoms with van der Waals surface area (Å²) in [5.74, 6) is -70.6. The zero-order chi connectivity index (χ0) is 45.8. The molecule has 0 aromatic heterocycles. The van der Waals surface area contributed by atoms with Crippen LogP contribution in [0.15, 0.2) is 24.3 Å². The topological polar surface area (TPSA) is 34.1 Å². The molecule has 0 fully saturated rings. The Bertz CT molecular complexity index is 2220. The summed E-state index contributed by atoms with van der Waals surface area (Å²) < 4.78 is 294. The number of hydrogen-bond acceptors (Lipinski definition) is 2. The number of ketones is 2. The van der Waals surface area contributed by atoms with Crippen molar-refractivity contribution >= 4 is 50.5 Å². The normalized spacial score (nSPS) is 11.6. The maximum Gasteiger partial charge on any atom is 0.211 e. The largest absolute Gasteiger partial charge is 0.295 e. The Balaban J connectivity index is 0.000000445. The van der Waals surface area contributed by atoms with Crippen LogP contribution in [0.25, 0.3) is 0 Å². The second-order valence-corrected chi connectivity index (χ2v) is 14.7. The van der Waals surface area contributed by atoms with Gasteiger partial charge in [0.05, 0.1) is 12.5 Å². The molecule has 0 spiro atoms. The number of hydrogen-bond donors (Lipinski definition) is 0. The monoisotopic (exact) mass is 902 g/mol. The number of Topliss-reactive ketones (excluding diaryl/α,β-unsaturated/α-hetero) is 2. The van der Waals surface area contributed by atoms with Gasteiger partial charge in [0.15, 0.2) is 81.3 Å². The van der Waals surface area contributed by atoms with Gasteiger partial charge in [-0.15, -0.1) is 21.9 Å². The molecular weight excluding hydrogens is 887 g/mol. The fourth-order valence-electron chi connectivity index (χ4n) is 6.11.